The third-order valence-corrected chi connectivity index (χ3v) is 6.54. The van der Waals surface area contributed by atoms with E-state index in [1.807, 2.05) is 0 Å². The molecule has 4 fully saturated rings. The zero-order chi connectivity index (χ0) is 18.8. The quantitative estimate of drug-likeness (QED) is 0.261. The van der Waals surface area contributed by atoms with E-state index in [9.17, 15) is 35.2 Å². The van der Waals surface area contributed by atoms with Crippen LogP contribution < -0.4 is 0 Å². The van der Waals surface area contributed by atoms with Crippen molar-refractivity contribution in [3.63, 3.8) is 0 Å². The molecule has 0 aromatic carbocycles. The molecule has 4 bridgehead atoms. The van der Waals surface area contributed by atoms with Crippen molar-refractivity contribution in [2.45, 2.75) is 56.1 Å². The van der Waals surface area contributed by atoms with E-state index < -0.39 is 39.0 Å². The van der Waals surface area contributed by atoms with Crippen molar-refractivity contribution < 1.29 is 47.3 Å². The number of alkyl halides is 5. The van der Waals surface area contributed by atoms with Gasteiger partial charge in [0.2, 0.25) is 0 Å². The fraction of sp³-hybridized carbons (Fsp3) is 0.929. The average Bonchev–Trinajstić information content (AvgIpc) is 2.40. The molecule has 12 heteroatoms. The Morgan fingerprint density at radius 1 is 1.04 bits per heavy atom. The fourth-order valence-corrected chi connectivity index (χ4v) is 5.51. The van der Waals surface area contributed by atoms with Gasteiger partial charge in [0, 0.05) is 0 Å². The normalized spacial score (nSPS) is 34.9. The molecule has 26 heavy (non-hydrogen) atoms. The number of halogens is 5. The molecule has 1 unspecified atom stereocenters. The molecule has 4 aliphatic carbocycles. The maximum atomic E-state index is 13.6. The van der Waals surface area contributed by atoms with Gasteiger partial charge in [-0.2, -0.15) is 30.4 Å². The van der Waals surface area contributed by atoms with Gasteiger partial charge in [-0.15, -0.1) is 0 Å². The molecule has 5 nitrogen and oxygen atoms in total. The molecule has 4 saturated carbocycles. The number of esters is 1. The Hall–Kier alpha value is 0.601. The van der Waals surface area contributed by atoms with Crippen molar-refractivity contribution in [3.8, 4) is 0 Å². The second-order valence-electron chi connectivity index (χ2n) is 7.56. The van der Waals surface area contributed by atoms with E-state index in [2.05, 4.69) is 4.74 Å². The molecule has 4 aliphatic rings. The number of carbonyl (C=O) groups excluding carboxylic acids is 1. The molecular formula is C14H19BaF5O5S. The zero-order valence-corrected chi connectivity index (χ0v) is 18.9. The summed E-state index contributed by atoms with van der Waals surface area (Å²) >= 11 is 0. The molecule has 0 amide bonds. The summed E-state index contributed by atoms with van der Waals surface area (Å²) in [7, 11) is -6.42. The Kier molecular flexibility index (Phi) is 6.28. The largest absolute Gasteiger partial charge is 2.00 e. The van der Waals surface area contributed by atoms with Gasteiger partial charge in [-0.1, -0.05) is 0 Å². The summed E-state index contributed by atoms with van der Waals surface area (Å²) in [5, 5.41) is -5.68. The molecule has 0 aromatic heterocycles. The number of carbonyl (C=O) groups is 1. The van der Waals surface area contributed by atoms with Crippen LogP contribution in [-0.2, 0) is 19.6 Å². The fourth-order valence-electron chi connectivity index (χ4n) is 5.05. The van der Waals surface area contributed by atoms with Crippen LogP contribution in [0.25, 0.3) is 0 Å². The first kappa shape index (κ1) is 22.9. The Morgan fingerprint density at radius 2 is 1.42 bits per heavy atom. The Morgan fingerprint density at radius 3 is 1.73 bits per heavy atom. The predicted molar refractivity (Wildman–Crippen MR) is 81.0 cm³/mol. The van der Waals surface area contributed by atoms with Crippen LogP contribution in [0.3, 0.4) is 0 Å². The average molecular weight is 532 g/mol. The van der Waals surface area contributed by atoms with Crippen LogP contribution in [0.5, 0.6) is 0 Å². The molecule has 4 rings (SSSR count). The third kappa shape index (κ3) is 3.99. The van der Waals surface area contributed by atoms with Gasteiger partial charge in [-0.05, 0) is 56.3 Å². The van der Waals surface area contributed by atoms with Crippen molar-refractivity contribution >= 4 is 65.0 Å². The second kappa shape index (κ2) is 7.13. The summed E-state index contributed by atoms with van der Waals surface area (Å²) < 4.78 is 99.9. The second-order valence-corrected chi connectivity index (χ2v) is 9.06. The van der Waals surface area contributed by atoms with Gasteiger partial charge in [-0.25, -0.2) is 0 Å². The minimum atomic E-state index is -6.42. The molecule has 148 valence electrons. The first-order valence-corrected chi connectivity index (χ1v) is 9.31. The Labute approximate surface area is 190 Å². The summed E-state index contributed by atoms with van der Waals surface area (Å²) in [5.41, 5.74) is -1.27. The van der Waals surface area contributed by atoms with Gasteiger partial charge in [0.25, 0.3) is 6.10 Å². The maximum absolute atomic E-state index is 13.6. The SMILES string of the molecule is O=C(OC(C(F)(F)F)C(F)(F)S(=O)(=O)O)C12CC3CC(CC(C3)C1)C2.[Ba+2].[H-].[H-]. The summed E-state index contributed by atoms with van der Waals surface area (Å²) in [6.07, 6.45) is -6.73. The molecule has 1 atom stereocenters. The maximum Gasteiger partial charge on any atom is 2.00 e. The van der Waals surface area contributed by atoms with Gasteiger partial charge in [0.1, 0.15) is 0 Å². The van der Waals surface area contributed by atoms with E-state index in [4.69, 9.17) is 4.55 Å². The van der Waals surface area contributed by atoms with E-state index in [-0.39, 0.29) is 88.8 Å². The van der Waals surface area contributed by atoms with Crippen LogP contribution >= 0.6 is 0 Å². The van der Waals surface area contributed by atoms with Crippen LogP contribution in [0.1, 0.15) is 41.4 Å². The van der Waals surface area contributed by atoms with Gasteiger partial charge in [0.15, 0.2) is 0 Å². The summed E-state index contributed by atoms with van der Waals surface area (Å²) in [6.45, 7) is 0. The van der Waals surface area contributed by atoms with Crippen LogP contribution in [0, 0.1) is 23.2 Å². The molecule has 0 aliphatic heterocycles. The van der Waals surface area contributed by atoms with Crippen molar-refractivity contribution in [1.29, 1.82) is 0 Å². The molecule has 0 heterocycles. The monoisotopic (exact) mass is 532 g/mol. The topological polar surface area (TPSA) is 80.7 Å². The van der Waals surface area contributed by atoms with Crippen LogP contribution in [0.4, 0.5) is 22.0 Å². The van der Waals surface area contributed by atoms with E-state index >= 15 is 0 Å². The van der Waals surface area contributed by atoms with Crippen molar-refractivity contribution in [1.82, 2.24) is 0 Å². The molecule has 0 radical (unpaired) electrons. The minimum Gasteiger partial charge on any atom is -1.00 e. The number of hydrogen-bond acceptors (Lipinski definition) is 4. The Balaban J connectivity index is 0.00000243. The first-order valence-electron chi connectivity index (χ1n) is 7.87. The van der Waals surface area contributed by atoms with Gasteiger partial charge >= 0.3 is 76.4 Å². The molecule has 0 saturated heterocycles. The predicted octanol–water partition coefficient (Wildman–Crippen LogP) is 3.00. The van der Waals surface area contributed by atoms with Gasteiger partial charge < -0.3 is 7.59 Å². The van der Waals surface area contributed by atoms with Crippen molar-refractivity contribution in [3.05, 3.63) is 0 Å². The smallest absolute Gasteiger partial charge is 1.00 e. The molecule has 0 spiro atoms. The van der Waals surface area contributed by atoms with E-state index in [1.165, 1.54) is 0 Å². The number of hydrogen-bond donors (Lipinski definition) is 1. The summed E-state index contributed by atoms with van der Waals surface area (Å²) in [4.78, 5) is 12.4. The van der Waals surface area contributed by atoms with Gasteiger partial charge in [-0.3, -0.25) is 9.35 Å². The van der Waals surface area contributed by atoms with E-state index in [0.29, 0.717) is 0 Å². The van der Waals surface area contributed by atoms with Crippen LogP contribution in [0.2, 0.25) is 0 Å². The standard InChI is InChI=1S/C14H17F5O5S.Ba.2H/c15-13(16,17)10(14(18,19)25(21,22)23)24-11(20)12-4-7-1-8(5-12)3-9(2-7)6-12;;;/h7-10H,1-6H2,(H,21,22,23);;;/q;+2;2*-1. The zero-order valence-electron chi connectivity index (χ0n) is 15.6. The van der Waals surface area contributed by atoms with Gasteiger partial charge in [0.05, 0.1) is 5.41 Å². The number of ether oxygens (including phenoxy) is 1. The van der Waals surface area contributed by atoms with E-state index in [0.717, 1.165) is 19.3 Å². The number of rotatable bonds is 4. The van der Waals surface area contributed by atoms with Crippen LogP contribution in [0.15, 0.2) is 0 Å². The first-order chi connectivity index (χ1) is 11.2. The molecular weight excluding hydrogens is 513 g/mol. The minimum absolute atomic E-state index is 0. The van der Waals surface area contributed by atoms with Crippen molar-refractivity contribution in [2.75, 3.05) is 0 Å². The van der Waals surface area contributed by atoms with Crippen molar-refractivity contribution in [2.24, 2.45) is 23.2 Å². The molecule has 0 aromatic rings. The third-order valence-electron chi connectivity index (χ3n) is 5.64. The Bertz CT molecular complexity index is 653. The summed E-state index contributed by atoms with van der Waals surface area (Å²) in [6, 6.07) is 0. The summed E-state index contributed by atoms with van der Waals surface area (Å²) in [5.74, 6) is -1.02. The van der Waals surface area contributed by atoms with E-state index in [1.54, 1.807) is 0 Å². The van der Waals surface area contributed by atoms with Crippen LogP contribution in [-0.4, -0.2) is 85.4 Å². The molecule has 1 N–H and O–H groups in total.